The first-order valence-electron chi connectivity index (χ1n) is 7.24. The Morgan fingerprint density at radius 1 is 0.947 bits per heavy atom. The molecule has 2 fully saturated rings. The zero-order valence-corrected chi connectivity index (χ0v) is 12.5. The van der Waals surface area contributed by atoms with Gasteiger partial charge < -0.3 is 9.31 Å². The lowest BCUT2D eigenvalue weighted by molar-refractivity contribution is 0.00578. The summed E-state index contributed by atoms with van der Waals surface area (Å²) >= 11 is 0. The predicted octanol–water partition coefficient (Wildman–Crippen LogP) is 3.88. The van der Waals surface area contributed by atoms with Crippen LogP contribution in [0.5, 0.6) is 0 Å². The van der Waals surface area contributed by atoms with E-state index in [2.05, 4.69) is 65.0 Å². The summed E-state index contributed by atoms with van der Waals surface area (Å²) in [7, 11) is -0.0646. The third-order valence-electron chi connectivity index (χ3n) is 5.22. The van der Waals surface area contributed by atoms with Gasteiger partial charge in [0.25, 0.3) is 0 Å². The minimum atomic E-state index is -0.221. The number of hydrogen-bond donors (Lipinski definition) is 0. The molecule has 3 heteroatoms. The fourth-order valence-corrected chi connectivity index (χ4v) is 3.16. The maximum absolute atomic E-state index is 6.19. The van der Waals surface area contributed by atoms with Gasteiger partial charge in [-0.1, -0.05) is 37.3 Å². The molecule has 0 spiro atoms. The molecule has 0 unspecified atom stereocenters. The van der Waals surface area contributed by atoms with Gasteiger partial charge in [-0.15, -0.1) is 0 Å². The smallest absolute Gasteiger partial charge is 0.403 e. The fraction of sp³-hybridized carbons (Fsp3) is 0.625. The Morgan fingerprint density at radius 3 is 2.00 bits per heavy atom. The molecular weight excluding hydrogens is 235 g/mol. The van der Waals surface area contributed by atoms with Crippen molar-refractivity contribution in [1.29, 1.82) is 0 Å². The van der Waals surface area contributed by atoms with Crippen molar-refractivity contribution in [2.45, 2.75) is 57.6 Å². The third kappa shape index (κ3) is 2.04. The Hall–Kier alpha value is -0.795. The molecule has 0 aromatic heterocycles. The molecule has 1 saturated carbocycles. The Labute approximate surface area is 116 Å². The van der Waals surface area contributed by atoms with Crippen molar-refractivity contribution < 1.29 is 9.31 Å². The highest BCUT2D eigenvalue weighted by Crippen LogP contribution is 2.62. The molecular formula is C16H23BO2. The average molecular weight is 258 g/mol. The average Bonchev–Trinajstić information content (AvgIpc) is 2.94. The van der Waals surface area contributed by atoms with Gasteiger partial charge in [-0.2, -0.15) is 0 Å². The molecule has 2 nitrogen and oxygen atoms in total. The van der Waals surface area contributed by atoms with E-state index in [9.17, 15) is 0 Å². The van der Waals surface area contributed by atoms with E-state index in [4.69, 9.17) is 9.31 Å². The first-order chi connectivity index (χ1) is 8.83. The summed E-state index contributed by atoms with van der Waals surface area (Å²) in [5.41, 5.74) is 0.970. The fourth-order valence-electron chi connectivity index (χ4n) is 3.16. The first kappa shape index (κ1) is 13.2. The SMILES string of the molecule is C[C@@H]1[C@H](B2OC(C)(C)C(C)(C)O2)[C@H]1c1ccccc1. The predicted molar refractivity (Wildman–Crippen MR) is 78.2 cm³/mol. The second kappa shape index (κ2) is 4.10. The van der Waals surface area contributed by atoms with Gasteiger partial charge in [0.15, 0.2) is 0 Å². The van der Waals surface area contributed by atoms with Crippen molar-refractivity contribution in [3.8, 4) is 0 Å². The maximum Gasteiger partial charge on any atom is 0.462 e. The van der Waals surface area contributed by atoms with Crippen LogP contribution >= 0.6 is 0 Å². The van der Waals surface area contributed by atoms with Gasteiger partial charge in [0.2, 0.25) is 0 Å². The molecule has 0 amide bonds. The van der Waals surface area contributed by atoms with E-state index in [1.54, 1.807) is 0 Å². The van der Waals surface area contributed by atoms with Gasteiger partial charge in [-0.3, -0.25) is 0 Å². The van der Waals surface area contributed by atoms with Crippen molar-refractivity contribution in [3.05, 3.63) is 35.9 Å². The Balaban J connectivity index is 1.77. The summed E-state index contributed by atoms with van der Waals surface area (Å²) in [6.45, 7) is 10.8. The Morgan fingerprint density at radius 2 is 1.47 bits per heavy atom. The van der Waals surface area contributed by atoms with Gasteiger partial charge in [0.05, 0.1) is 11.2 Å². The molecule has 3 rings (SSSR count). The van der Waals surface area contributed by atoms with Crippen LogP contribution in [0.2, 0.25) is 5.82 Å². The lowest BCUT2D eigenvalue weighted by atomic mass is 9.79. The minimum absolute atomic E-state index is 0.0646. The van der Waals surface area contributed by atoms with Crippen LogP contribution in [-0.2, 0) is 9.31 Å². The highest BCUT2D eigenvalue weighted by atomic mass is 16.7. The van der Waals surface area contributed by atoms with Crippen LogP contribution in [0.25, 0.3) is 0 Å². The van der Waals surface area contributed by atoms with E-state index in [-0.39, 0.29) is 18.3 Å². The van der Waals surface area contributed by atoms with Gasteiger partial charge in [-0.05, 0) is 45.1 Å². The van der Waals surface area contributed by atoms with Gasteiger partial charge >= 0.3 is 7.12 Å². The van der Waals surface area contributed by atoms with Crippen molar-refractivity contribution in [1.82, 2.24) is 0 Å². The summed E-state index contributed by atoms with van der Waals surface area (Å²) in [4.78, 5) is 0. The van der Waals surface area contributed by atoms with Gasteiger partial charge in [0, 0.05) is 5.82 Å². The largest absolute Gasteiger partial charge is 0.462 e. The molecule has 0 bridgehead atoms. The summed E-state index contributed by atoms with van der Waals surface area (Å²) in [6, 6.07) is 10.7. The van der Waals surface area contributed by atoms with Crippen LogP contribution in [-0.4, -0.2) is 18.3 Å². The molecule has 1 aliphatic carbocycles. The lowest BCUT2D eigenvalue weighted by Crippen LogP contribution is -2.41. The molecule has 1 heterocycles. The molecule has 19 heavy (non-hydrogen) atoms. The van der Waals surface area contributed by atoms with E-state index in [1.165, 1.54) is 5.56 Å². The molecule has 3 atom stereocenters. The Bertz CT molecular complexity index is 453. The number of benzene rings is 1. The van der Waals surface area contributed by atoms with E-state index in [1.807, 2.05) is 0 Å². The van der Waals surface area contributed by atoms with Crippen LogP contribution in [0, 0.1) is 5.92 Å². The van der Waals surface area contributed by atoms with E-state index >= 15 is 0 Å². The lowest BCUT2D eigenvalue weighted by Gasteiger charge is -2.32. The maximum atomic E-state index is 6.19. The van der Waals surface area contributed by atoms with E-state index in [0.717, 1.165) is 0 Å². The first-order valence-corrected chi connectivity index (χ1v) is 7.24. The topological polar surface area (TPSA) is 18.5 Å². The van der Waals surface area contributed by atoms with Crippen molar-refractivity contribution >= 4 is 7.12 Å². The standard InChI is InChI=1S/C16H23BO2/c1-11-13(12-9-7-6-8-10-12)14(11)17-18-15(2,3)16(4,5)19-17/h6-11,13-14H,1-5H3/t11-,13+,14-/m0/s1. The summed E-state index contributed by atoms with van der Waals surface area (Å²) in [6.07, 6.45) is 0. The van der Waals surface area contributed by atoms with Gasteiger partial charge in [0.1, 0.15) is 0 Å². The van der Waals surface area contributed by atoms with Crippen LogP contribution in [0.15, 0.2) is 30.3 Å². The zero-order chi connectivity index (χ0) is 13.8. The van der Waals surface area contributed by atoms with Crippen molar-refractivity contribution in [2.75, 3.05) is 0 Å². The minimum Gasteiger partial charge on any atom is -0.403 e. The van der Waals surface area contributed by atoms with E-state index < -0.39 is 0 Å². The summed E-state index contributed by atoms with van der Waals surface area (Å²) < 4.78 is 12.4. The quantitative estimate of drug-likeness (QED) is 0.749. The van der Waals surface area contributed by atoms with Crippen molar-refractivity contribution in [3.63, 3.8) is 0 Å². The van der Waals surface area contributed by atoms with Crippen LogP contribution in [0.4, 0.5) is 0 Å². The summed E-state index contributed by atoms with van der Waals surface area (Å²) in [5.74, 6) is 1.71. The monoisotopic (exact) mass is 258 g/mol. The van der Waals surface area contributed by atoms with Gasteiger partial charge in [-0.25, -0.2) is 0 Å². The molecule has 0 N–H and O–H groups in total. The van der Waals surface area contributed by atoms with Crippen molar-refractivity contribution in [2.24, 2.45) is 5.92 Å². The highest BCUT2D eigenvalue weighted by Gasteiger charge is 2.63. The summed E-state index contributed by atoms with van der Waals surface area (Å²) in [5, 5.41) is 0. The van der Waals surface area contributed by atoms with Crippen LogP contribution < -0.4 is 0 Å². The van der Waals surface area contributed by atoms with Crippen LogP contribution in [0.1, 0.15) is 46.1 Å². The molecule has 1 aliphatic heterocycles. The molecule has 1 saturated heterocycles. The second-order valence-corrected chi connectivity index (χ2v) is 7.00. The molecule has 1 aromatic rings. The second-order valence-electron chi connectivity index (χ2n) is 7.00. The molecule has 1 aromatic carbocycles. The Kier molecular flexibility index (Phi) is 2.85. The highest BCUT2D eigenvalue weighted by molar-refractivity contribution is 6.49. The third-order valence-corrected chi connectivity index (χ3v) is 5.22. The number of rotatable bonds is 2. The molecule has 0 radical (unpaired) electrons. The zero-order valence-electron chi connectivity index (χ0n) is 12.5. The molecule has 102 valence electrons. The normalized spacial score (nSPS) is 35.4. The molecule has 2 aliphatic rings. The van der Waals surface area contributed by atoms with Crippen LogP contribution in [0.3, 0.4) is 0 Å². The number of hydrogen-bond acceptors (Lipinski definition) is 2. The van der Waals surface area contributed by atoms with E-state index in [0.29, 0.717) is 17.7 Å².